The topological polar surface area (TPSA) is 35.8 Å². The van der Waals surface area contributed by atoms with Crippen molar-refractivity contribution in [3.8, 4) is 6.07 Å². The predicted molar refractivity (Wildman–Crippen MR) is 92.1 cm³/mol. The summed E-state index contributed by atoms with van der Waals surface area (Å²) in [5.74, 6) is 0. The Labute approximate surface area is 137 Å². The average Bonchev–Trinajstić information content (AvgIpc) is 2.44. The van der Waals surface area contributed by atoms with Crippen molar-refractivity contribution in [3.63, 3.8) is 0 Å². The lowest BCUT2D eigenvalue weighted by Gasteiger charge is -2.08. The maximum Gasteiger partial charge on any atom is 0.101 e. The van der Waals surface area contributed by atoms with Crippen LogP contribution in [-0.2, 0) is 6.42 Å². The molecule has 2 aromatic carbocycles. The minimum absolute atomic E-state index is 0.628. The number of halogens is 2. The van der Waals surface area contributed by atoms with Gasteiger partial charge in [0, 0.05) is 15.1 Å². The van der Waals surface area contributed by atoms with Crippen LogP contribution >= 0.6 is 34.2 Å². The summed E-state index contributed by atoms with van der Waals surface area (Å²) in [4.78, 5) is 0. The SMILES string of the molecule is N#Cc1ccc(Cl)cc1NCCCc1cccc(I)c1. The molecule has 0 atom stereocenters. The highest BCUT2D eigenvalue weighted by Crippen LogP contribution is 2.20. The van der Waals surface area contributed by atoms with E-state index in [0.29, 0.717) is 10.6 Å². The zero-order valence-corrected chi connectivity index (χ0v) is 13.8. The molecule has 0 spiro atoms. The van der Waals surface area contributed by atoms with Gasteiger partial charge in [0.1, 0.15) is 6.07 Å². The third-order valence-corrected chi connectivity index (χ3v) is 3.85. The minimum Gasteiger partial charge on any atom is -0.384 e. The first-order valence-electron chi connectivity index (χ1n) is 6.37. The quantitative estimate of drug-likeness (QED) is 0.579. The molecule has 102 valence electrons. The van der Waals surface area contributed by atoms with E-state index in [4.69, 9.17) is 16.9 Å². The van der Waals surface area contributed by atoms with Crippen molar-refractivity contribution in [2.24, 2.45) is 0 Å². The van der Waals surface area contributed by atoms with Crippen LogP contribution in [0.4, 0.5) is 5.69 Å². The van der Waals surface area contributed by atoms with E-state index < -0.39 is 0 Å². The Morgan fingerprint density at radius 2 is 2.05 bits per heavy atom. The molecule has 0 unspecified atom stereocenters. The molecule has 2 nitrogen and oxygen atoms in total. The number of hydrogen-bond acceptors (Lipinski definition) is 2. The minimum atomic E-state index is 0.628. The number of benzene rings is 2. The fraction of sp³-hybridized carbons (Fsp3) is 0.188. The van der Waals surface area contributed by atoms with Crippen LogP contribution in [0.2, 0.25) is 5.02 Å². The Balaban J connectivity index is 1.87. The highest BCUT2D eigenvalue weighted by atomic mass is 127. The maximum atomic E-state index is 9.04. The molecule has 0 saturated carbocycles. The molecule has 0 aliphatic rings. The van der Waals surface area contributed by atoms with E-state index >= 15 is 0 Å². The van der Waals surface area contributed by atoms with Crippen molar-refractivity contribution in [1.82, 2.24) is 0 Å². The van der Waals surface area contributed by atoms with Crippen molar-refractivity contribution in [2.45, 2.75) is 12.8 Å². The van der Waals surface area contributed by atoms with E-state index in [0.717, 1.165) is 25.1 Å². The summed E-state index contributed by atoms with van der Waals surface area (Å²) in [6, 6.07) is 15.9. The molecule has 0 radical (unpaired) electrons. The highest BCUT2D eigenvalue weighted by Gasteiger charge is 2.02. The molecule has 0 aliphatic heterocycles. The van der Waals surface area contributed by atoms with Gasteiger partial charge in [0.25, 0.3) is 0 Å². The van der Waals surface area contributed by atoms with E-state index in [-0.39, 0.29) is 0 Å². The predicted octanol–water partition coefficient (Wildman–Crippen LogP) is 4.86. The van der Waals surface area contributed by atoms with Crippen LogP contribution in [0.25, 0.3) is 0 Å². The average molecular weight is 397 g/mol. The van der Waals surface area contributed by atoms with Crippen molar-refractivity contribution in [3.05, 3.63) is 62.2 Å². The summed E-state index contributed by atoms with van der Waals surface area (Å²) >= 11 is 8.27. The summed E-state index contributed by atoms with van der Waals surface area (Å²) in [5, 5.41) is 13.0. The van der Waals surface area contributed by atoms with Crippen LogP contribution in [0.15, 0.2) is 42.5 Å². The first-order chi connectivity index (χ1) is 9.69. The first-order valence-corrected chi connectivity index (χ1v) is 7.82. The Kier molecular flexibility index (Phi) is 5.69. The molecule has 4 heteroatoms. The van der Waals surface area contributed by atoms with E-state index in [1.807, 2.05) is 0 Å². The van der Waals surface area contributed by atoms with Crippen LogP contribution in [0.3, 0.4) is 0 Å². The molecule has 0 bridgehead atoms. The molecule has 2 rings (SSSR count). The van der Waals surface area contributed by atoms with Crippen LogP contribution in [0, 0.1) is 14.9 Å². The number of rotatable bonds is 5. The molecule has 0 fully saturated rings. The Hall–Kier alpha value is -1.25. The van der Waals surface area contributed by atoms with Crippen molar-refractivity contribution in [2.75, 3.05) is 11.9 Å². The maximum absolute atomic E-state index is 9.04. The van der Waals surface area contributed by atoms with Gasteiger partial charge in [0.2, 0.25) is 0 Å². The zero-order chi connectivity index (χ0) is 14.4. The molecular weight excluding hydrogens is 383 g/mol. The second kappa shape index (κ2) is 7.51. The number of nitriles is 1. The third-order valence-electron chi connectivity index (χ3n) is 2.95. The zero-order valence-electron chi connectivity index (χ0n) is 10.9. The van der Waals surface area contributed by atoms with Crippen molar-refractivity contribution < 1.29 is 0 Å². The fourth-order valence-corrected chi connectivity index (χ4v) is 2.75. The molecule has 0 saturated heterocycles. The van der Waals surface area contributed by atoms with Gasteiger partial charge in [0.15, 0.2) is 0 Å². The summed E-state index contributed by atoms with van der Waals surface area (Å²) in [6.07, 6.45) is 2.03. The van der Waals surface area contributed by atoms with Gasteiger partial charge in [-0.2, -0.15) is 5.26 Å². The summed E-state index contributed by atoms with van der Waals surface area (Å²) < 4.78 is 1.26. The molecule has 0 heterocycles. The van der Waals surface area contributed by atoms with E-state index in [1.165, 1.54) is 9.13 Å². The summed E-state index contributed by atoms with van der Waals surface area (Å²) in [6.45, 7) is 0.820. The normalized spacial score (nSPS) is 10.1. The van der Waals surface area contributed by atoms with Gasteiger partial charge in [-0.05, 0) is 71.3 Å². The highest BCUT2D eigenvalue weighted by molar-refractivity contribution is 14.1. The van der Waals surface area contributed by atoms with Crippen LogP contribution in [-0.4, -0.2) is 6.54 Å². The lowest BCUT2D eigenvalue weighted by Crippen LogP contribution is -2.04. The number of nitrogens with one attached hydrogen (secondary N) is 1. The molecule has 1 N–H and O–H groups in total. The molecule has 20 heavy (non-hydrogen) atoms. The number of hydrogen-bond donors (Lipinski definition) is 1. The smallest absolute Gasteiger partial charge is 0.101 e. The van der Waals surface area contributed by atoms with Crippen LogP contribution in [0.5, 0.6) is 0 Å². The van der Waals surface area contributed by atoms with Gasteiger partial charge in [-0.1, -0.05) is 23.7 Å². The molecular formula is C16H14ClIN2. The summed E-state index contributed by atoms with van der Waals surface area (Å²) in [7, 11) is 0. The fourth-order valence-electron chi connectivity index (χ4n) is 1.97. The van der Waals surface area contributed by atoms with Gasteiger partial charge in [-0.15, -0.1) is 0 Å². The third kappa shape index (κ3) is 4.39. The molecule has 0 aliphatic carbocycles. The van der Waals surface area contributed by atoms with Gasteiger partial charge in [-0.3, -0.25) is 0 Å². The summed E-state index contributed by atoms with van der Waals surface area (Å²) in [5.41, 5.74) is 2.77. The Morgan fingerprint density at radius 3 is 2.80 bits per heavy atom. The van der Waals surface area contributed by atoms with E-state index in [2.05, 4.69) is 58.2 Å². The van der Waals surface area contributed by atoms with Crippen molar-refractivity contribution in [1.29, 1.82) is 5.26 Å². The van der Waals surface area contributed by atoms with Gasteiger partial charge < -0.3 is 5.32 Å². The van der Waals surface area contributed by atoms with E-state index in [9.17, 15) is 0 Å². The number of aryl methyl sites for hydroxylation is 1. The second-order valence-corrected chi connectivity index (χ2v) is 6.14. The number of nitrogens with zero attached hydrogens (tertiary/aromatic N) is 1. The van der Waals surface area contributed by atoms with Gasteiger partial charge in [0.05, 0.1) is 11.3 Å². The van der Waals surface area contributed by atoms with Crippen molar-refractivity contribution >= 4 is 39.9 Å². The number of anilines is 1. The lowest BCUT2D eigenvalue weighted by molar-refractivity contribution is 0.862. The van der Waals surface area contributed by atoms with Gasteiger partial charge >= 0.3 is 0 Å². The Bertz CT molecular complexity index is 635. The monoisotopic (exact) mass is 396 g/mol. The Morgan fingerprint density at radius 1 is 1.20 bits per heavy atom. The van der Waals surface area contributed by atoms with Crippen LogP contribution in [0.1, 0.15) is 17.5 Å². The standard InChI is InChI=1S/C16H14ClIN2/c17-14-7-6-13(11-19)16(10-14)20-8-2-4-12-3-1-5-15(18)9-12/h1,3,5-7,9-10,20H,2,4,8H2. The lowest BCUT2D eigenvalue weighted by atomic mass is 10.1. The molecule has 0 aromatic heterocycles. The first kappa shape index (κ1) is 15.1. The molecule has 2 aromatic rings. The van der Waals surface area contributed by atoms with Gasteiger partial charge in [-0.25, -0.2) is 0 Å². The largest absolute Gasteiger partial charge is 0.384 e. The van der Waals surface area contributed by atoms with E-state index in [1.54, 1.807) is 18.2 Å². The second-order valence-electron chi connectivity index (χ2n) is 4.46. The van der Waals surface area contributed by atoms with Crippen LogP contribution < -0.4 is 5.32 Å². The molecule has 0 amide bonds.